The molecule has 1 atom stereocenters. The van der Waals surface area contributed by atoms with Gasteiger partial charge in [0.1, 0.15) is 0 Å². The summed E-state index contributed by atoms with van der Waals surface area (Å²) in [6.45, 7) is 12.5. The maximum absolute atomic E-state index is 5.46. The van der Waals surface area contributed by atoms with Crippen LogP contribution in [0.3, 0.4) is 0 Å². The van der Waals surface area contributed by atoms with Crippen molar-refractivity contribution in [3.8, 4) is 0 Å². The Morgan fingerprint density at radius 1 is 1.33 bits per heavy atom. The summed E-state index contributed by atoms with van der Waals surface area (Å²) in [7, 11) is 0. The van der Waals surface area contributed by atoms with E-state index in [0.717, 1.165) is 38.5 Å². The molecule has 2 N–H and O–H groups in total. The number of hydrogen-bond acceptors (Lipinski definition) is 3. The van der Waals surface area contributed by atoms with Gasteiger partial charge in [0.05, 0.1) is 0 Å². The molecule has 0 radical (unpaired) electrons. The van der Waals surface area contributed by atoms with E-state index in [2.05, 4.69) is 31.4 Å². The van der Waals surface area contributed by atoms with E-state index in [4.69, 9.17) is 4.74 Å². The van der Waals surface area contributed by atoms with Crippen molar-refractivity contribution in [2.24, 2.45) is 11.3 Å². The molecular weight excluding hydrogens is 224 g/mol. The second-order valence-electron chi connectivity index (χ2n) is 7.06. The first-order chi connectivity index (χ1) is 8.52. The fraction of sp³-hybridized carbons (Fsp3) is 1.00. The molecule has 0 aromatic heterocycles. The Bertz CT molecular complexity index is 253. The highest BCUT2D eigenvalue weighted by Crippen LogP contribution is 2.32. The van der Waals surface area contributed by atoms with Crippen LogP contribution >= 0.6 is 0 Å². The molecular formula is C15H30N2O. The zero-order valence-corrected chi connectivity index (χ0v) is 12.3. The van der Waals surface area contributed by atoms with Crippen LogP contribution in [0.15, 0.2) is 0 Å². The summed E-state index contributed by atoms with van der Waals surface area (Å²) >= 11 is 0. The molecule has 0 amide bonds. The molecule has 0 saturated carbocycles. The van der Waals surface area contributed by atoms with E-state index >= 15 is 0 Å². The first-order valence-electron chi connectivity index (χ1n) is 7.55. The number of nitrogens with one attached hydrogen (secondary N) is 2. The number of rotatable bonds is 4. The van der Waals surface area contributed by atoms with Gasteiger partial charge >= 0.3 is 0 Å². The van der Waals surface area contributed by atoms with Crippen LogP contribution in [0.1, 0.15) is 46.5 Å². The standard InChI is InChI=1S/C15H30N2O/c1-14(2,13-5-4-8-16-11-13)12-17-15(3)6-9-18-10-7-15/h13,16-17H,4-12H2,1-3H3. The summed E-state index contributed by atoms with van der Waals surface area (Å²) in [6, 6.07) is 0. The van der Waals surface area contributed by atoms with Crippen LogP contribution < -0.4 is 10.6 Å². The summed E-state index contributed by atoms with van der Waals surface area (Å²) in [5, 5.41) is 7.37. The second-order valence-corrected chi connectivity index (χ2v) is 7.06. The molecule has 3 nitrogen and oxygen atoms in total. The minimum atomic E-state index is 0.289. The fourth-order valence-electron chi connectivity index (χ4n) is 3.10. The van der Waals surface area contributed by atoms with E-state index in [0.29, 0.717) is 5.41 Å². The van der Waals surface area contributed by atoms with Gasteiger partial charge < -0.3 is 15.4 Å². The summed E-state index contributed by atoms with van der Waals surface area (Å²) in [4.78, 5) is 0. The van der Waals surface area contributed by atoms with Crippen molar-refractivity contribution in [3.63, 3.8) is 0 Å². The maximum Gasteiger partial charge on any atom is 0.0483 e. The van der Waals surface area contributed by atoms with Crippen molar-refractivity contribution in [2.45, 2.75) is 52.0 Å². The number of ether oxygens (including phenoxy) is 1. The van der Waals surface area contributed by atoms with Gasteiger partial charge in [-0.05, 0) is 57.0 Å². The van der Waals surface area contributed by atoms with Gasteiger partial charge in [-0.1, -0.05) is 13.8 Å². The lowest BCUT2D eigenvalue weighted by molar-refractivity contribution is 0.0368. The summed E-state index contributed by atoms with van der Waals surface area (Å²) in [6.07, 6.45) is 5.00. The Balaban J connectivity index is 1.83. The van der Waals surface area contributed by atoms with E-state index < -0.39 is 0 Å². The van der Waals surface area contributed by atoms with Crippen LogP contribution in [0, 0.1) is 11.3 Å². The predicted molar refractivity (Wildman–Crippen MR) is 75.8 cm³/mol. The molecule has 106 valence electrons. The molecule has 18 heavy (non-hydrogen) atoms. The van der Waals surface area contributed by atoms with Crippen molar-refractivity contribution in [3.05, 3.63) is 0 Å². The van der Waals surface area contributed by atoms with Crippen molar-refractivity contribution in [1.82, 2.24) is 10.6 Å². The van der Waals surface area contributed by atoms with Crippen LogP contribution in [0.2, 0.25) is 0 Å². The smallest absolute Gasteiger partial charge is 0.0483 e. The fourth-order valence-corrected chi connectivity index (χ4v) is 3.10. The first kappa shape index (κ1) is 14.3. The third kappa shape index (κ3) is 3.69. The normalized spacial score (nSPS) is 29.2. The zero-order valence-electron chi connectivity index (χ0n) is 12.3. The Morgan fingerprint density at radius 2 is 2.06 bits per heavy atom. The lowest BCUT2D eigenvalue weighted by atomic mass is 9.74. The largest absolute Gasteiger partial charge is 0.381 e. The predicted octanol–water partition coefficient (Wildman–Crippen LogP) is 2.17. The quantitative estimate of drug-likeness (QED) is 0.807. The molecule has 2 rings (SSSR count). The van der Waals surface area contributed by atoms with Crippen LogP contribution in [0.25, 0.3) is 0 Å². The number of piperidine rings is 1. The SMILES string of the molecule is CC1(NCC(C)(C)C2CCCNC2)CCOCC1. The Morgan fingerprint density at radius 3 is 2.67 bits per heavy atom. The summed E-state index contributed by atoms with van der Waals surface area (Å²) < 4.78 is 5.46. The van der Waals surface area contributed by atoms with Crippen LogP contribution in [0.5, 0.6) is 0 Å². The lowest BCUT2D eigenvalue weighted by Crippen LogP contribution is -2.52. The van der Waals surface area contributed by atoms with Gasteiger partial charge in [-0.3, -0.25) is 0 Å². The Labute approximate surface area is 112 Å². The van der Waals surface area contributed by atoms with E-state index in [1.807, 2.05) is 0 Å². The lowest BCUT2D eigenvalue weighted by Gasteiger charge is -2.42. The van der Waals surface area contributed by atoms with Crippen molar-refractivity contribution in [1.29, 1.82) is 0 Å². The average molecular weight is 254 g/mol. The Kier molecular flexibility index (Phi) is 4.68. The summed E-state index contributed by atoms with van der Waals surface area (Å²) in [5.74, 6) is 0.808. The van der Waals surface area contributed by atoms with Crippen molar-refractivity contribution >= 4 is 0 Å². The molecule has 2 saturated heterocycles. The third-order valence-corrected chi connectivity index (χ3v) is 4.97. The number of hydrogen-bond donors (Lipinski definition) is 2. The minimum Gasteiger partial charge on any atom is -0.381 e. The maximum atomic E-state index is 5.46. The van der Waals surface area contributed by atoms with E-state index in [1.165, 1.54) is 25.9 Å². The molecule has 2 aliphatic heterocycles. The van der Waals surface area contributed by atoms with Crippen LogP contribution in [0.4, 0.5) is 0 Å². The van der Waals surface area contributed by atoms with Gasteiger partial charge in [0.2, 0.25) is 0 Å². The topological polar surface area (TPSA) is 33.3 Å². The van der Waals surface area contributed by atoms with E-state index in [1.54, 1.807) is 0 Å². The minimum absolute atomic E-state index is 0.289. The molecule has 3 heteroatoms. The zero-order chi connectivity index (χ0) is 13.1. The molecule has 2 aliphatic rings. The molecule has 1 unspecified atom stereocenters. The second kappa shape index (κ2) is 5.89. The molecule has 0 bridgehead atoms. The van der Waals surface area contributed by atoms with Crippen LogP contribution in [-0.2, 0) is 4.74 Å². The van der Waals surface area contributed by atoms with Crippen molar-refractivity contribution < 1.29 is 4.74 Å². The van der Waals surface area contributed by atoms with E-state index in [9.17, 15) is 0 Å². The Hall–Kier alpha value is -0.120. The van der Waals surface area contributed by atoms with Gasteiger partial charge in [0.25, 0.3) is 0 Å². The van der Waals surface area contributed by atoms with Crippen LogP contribution in [-0.4, -0.2) is 38.4 Å². The summed E-state index contributed by atoms with van der Waals surface area (Å²) in [5.41, 5.74) is 0.673. The van der Waals surface area contributed by atoms with Gasteiger partial charge in [-0.2, -0.15) is 0 Å². The molecule has 2 heterocycles. The molecule has 2 fully saturated rings. The van der Waals surface area contributed by atoms with Gasteiger partial charge in [-0.25, -0.2) is 0 Å². The highest BCUT2D eigenvalue weighted by atomic mass is 16.5. The molecule has 0 aliphatic carbocycles. The monoisotopic (exact) mass is 254 g/mol. The van der Waals surface area contributed by atoms with Gasteiger partial charge in [0.15, 0.2) is 0 Å². The highest BCUT2D eigenvalue weighted by molar-refractivity contribution is 4.90. The first-order valence-corrected chi connectivity index (χ1v) is 7.55. The van der Waals surface area contributed by atoms with Crippen molar-refractivity contribution in [2.75, 3.05) is 32.8 Å². The molecule has 0 aromatic carbocycles. The molecule has 0 spiro atoms. The highest BCUT2D eigenvalue weighted by Gasteiger charge is 2.34. The van der Waals surface area contributed by atoms with Gasteiger partial charge in [-0.15, -0.1) is 0 Å². The molecule has 0 aromatic rings. The average Bonchev–Trinajstić information content (AvgIpc) is 2.39. The van der Waals surface area contributed by atoms with E-state index in [-0.39, 0.29) is 5.54 Å². The van der Waals surface area contributed by atoms with Gasteiger partial charge in [0, 0.05) is 25.3 Å². The third-order valence-electron chi connectivity index (χ3n) is 4.97.